The van der Waals surface area contributed by atoms with E-state index >= 15 is 0 Å². The van der Waals surface area contributed by atoms with E-state index in [1.807, 2.05) is 55.5 Å². The minimum Gasteiger partial charge on any atom is -0.307 e. The van der Waals surface area contributed by atoms with Crippen molar-refractivity contribution in [2.75, 3.05) is 4.90 Å². The number of carbonyl (C=O) groups excluding carboxylic acids is 2. The van der Waals surface area contributed by atoms with Crippen molar-refractivity contribution in [1.82, 2.24) is 4.98 Å². The maximum absolute atomic E-state index is 13.7. The number of aromatic amines is 1. The zero-order valence-corrected chi connectivity index (χ0v) is 20.6. The van der Waals surface area contributed by atoms with Crippen LogP contribution in [0.25, 0.3) is 0 Å². The van der Waals surface area contributed by atoms with Gasteiger partial charge in [0.1, 0.15) is 0 Å². The van der Waals surface area contributed by atoms with Crippen molar-refractivity contribution in [3.8, 4) is 0 Å². The summed E-state index contributed by atoms with van der Waals surface area (Å²) < 4.78 is 0. The number of H-pyrrole nitrogens is 1. The van der Waals surface area contributed by atoms with E-state index in [9.17, 15) is 14.4 Å². The molecule has 1 saturated heterocycles. The Morgan fingerprint density at radius 3 is 2.32 bits per heavy atom. The fourth-order valence-corrected chi connectivity index (χ4v) is 10.0. The first-order chi connectivity index (χ1) is 16.4. The number of aromatic nitrogens is 1. The van der Waals surface area contributed by atoms with Crippen LogP contribution in [-0.2, 0) is 9.59 Å². The van der Waals surface area contributed by atoms with Crippen molar-refractivity contribution in [1.29, 1.82) is 0 Å². The fourth-order valence-electron chi connectivity index (χ4n) is 7.01. The van der Waals surface area contributed by atoms with Gasteiger partial charge in [0, 0.05) is 21.1 Å². The summed E-state index contributed by atoms with van der Waals surface area (Å²) in [7, 11) is 0. The van der Waals surface area contributed by atoms with Gasteiger partial charge in [-0.1, -0.05) is 52.8 Å². The molecule has 2 amide bonds. The van der Waals surface area contributed by atoms with Gasteiger partial charge in [0.2, 0.25) is 11.8 Å². The summed E-state index contributed by atoms with van der Waals surface area (Å²) in [6.45, 7) is 1.99. The summed E-state index contributed by atoms with van der Waals surface area (Å²) in [6, 6.07) is 15.5. The third-order valence-electron chi connectivity index (χ3n) is 8.25. The van der Waals surface area contributed by atoms with Crippen molar-refractivity contribution in [3.05, 3.63) is 79.2 Å². The molecule has 0 spiro atoms. The molecule has 3 aromatic rings. The van der Waals surface area contributed by atoms with Crippen LogP contribution in [-0.4, -0.2) is 22.0 Å². The number of thioether (sulfide) groups is 1. The number of hydrogen-bond donors (Lipinski definition) is 1. The van der Waals surface area contributed by atoms with Crippen molar-refractivity contribution < 1.29 is 9.59 Å². The van der Waals surface area contributed by atoms with Gasteiger partial charge in [0.25, 0.3) is 0 Å². The molecule has 2 aliphatic heterocycles. The average molecular weight is 509 g/mol. The molecule has 4 aliphatic rings. The van der Waals surface area contributed by atoms with Crippen LogP contribution in [0.1, 0.15) is 28.3 Å². The van der Waals surface area contributed by atoms with Crippen molar-refractivity contribution in [2.45, 2.75) is 29.5 Å². The average Bonchev–Trinajstić information content (AvgIpc) is 3.54. The lowest BCUT2D eigenvalue weighted by Crippen LogP contribution is -2.42. The van der Waals surface area contributed by atoms with E-state index < -0.39 is 0 Å². The third-order valence-corrected chi connectivity index (χ3v) is 11.1. The Kier molecular flexibility index (Phi) is 4.52. The number of anilines is 1. The molecule has 0 radical (unpaired) electrons. The van der Waals surface area contributed by atoms with E-state index in [-0.39, 0.29) is 57.4 Å². The summed E-state index contributed by atoms with van der Waals surface area (Å²) in [4.78, 5) is 45.1. The molecule has 172 valence electrons. The standard InChI is InChI=1S/C26H21ClN2O3S2/c1-11-2-8-14(9-3-11)29-24(30)19-15-10-16(20(19)25(29)31)21-18(15)17(12-4-6-13(27)7-5-12)22-23(33-21)28-26(32)34-22/h2-9,15-21H,10H2,1H3,(H,28,32)/t15-,16-,17?,18?,19?,20?,21?/m1/s1. The Hall–Kier alpha value is -2.35. The molecule has 2 aliphatic carbocycles. The Balaban J connectivity index is 1.32. The first kappa shape index (κ1) is 21.0. The SMILES string of the molecule is Cc1ccc(N2C(=O)C3C(C2=O)[C@@H]2C[C@H]3C3Sc4[nH]c(=O)sc4C(c4ccc(Cl)cc4)C32)cc1. The van der Waals surface area contributed by atoms with Crippen molar-refractivity contribution >= 4 is 52.2 Å². The smallest absolute Gasteiger partial charge is 0.305 e. The Bertz CT molecular complexity index is 1400. The van der Waals surface area contributed by atoms with E-state index in [1.54, 1.807) is 11.8 Å². The zero-order valence-electron chi connectivity index (χ0n) is 18.2. The molecule has 34 heavy (non-hydrogen) atoms. The lowest BCUT2D eigenvalue weighted by molar-refractivity contribution is -0.123. The van der Waals surface area contributed by atoms with Crippen LogP contribution in [0.3, 0.4) is 0 Å². The van der Waals surface area contributed by atoms with E-state index in [1.165, 1.54) is 16.2 Å². The number of thiazole rings is 1. The van der Waals surface area contributed by atoms with Crippen LogP contribution in [0.2, 0.25) is 5.02 Å². The molecule has 1 N–H and O–H groups in total. The molecule has 7 rings (SSSR count). The number of halogens is 1. The lowest BCUT2D eigenvalue weighted by Gasteiger charge is -2.43. The third kappa shape index (κ3) is 2.77. The molecule has 3 fully saturated rings. The number of fused-ring (bicyclic) bond motifs is 9. The second-order valence-electron chi connectivity index (χ2n) is 9.86. The number of nitrogens with one attached hydrogen (secondary N) is 1. The van der Waals surface area contributed by atoms with E-state index in [2.05, 4.69) is 4.98 Å². The summed E-state index contributed by atoms with van der Waals surface area (Å²) in [5, 5.41) is 1.79. The second kappa shape index (κ2) is 7.33. The molecule has 3 heterocycles. The number of nitrogens with zero attached hydrogens (tertiary/aromatic N) is 1. The van der Waals surface area contributed by atoms with Crippen molar-refractivity contribution in [3.63, 3.8) is 0 Å². The summed E-state index contributed by atoms with van der Waals surface area (Å²) in [5.41, 5.74) is 2.88. The molecular weight excluding hydrogens is 488 g/mol. The summed E-state index contributed by atoms with van der Waals surface area (Å²) in [6.07, 6.45) is 0.889. The highest BCUT2D eigenvalue weighted by Gasteiger charge is 2.69. The maximum atomic E-state index is 13.7. The number of benzene rings is 2. The van der Waals surface area contributed by atoms with Crippen LogP contribution in [0.15, 0.2) is 58.4 Å². The Morgan fingerprint density at radius 1 is 0.941 bits per heavy atom. The van der Waals surface area contributed by atoms with Gasteiger partial charge in [-0.3, -0.25) is 19.3 Å². The molecule has 1 aromatic heterocycles. The first-order valence-electron chi connectivity index (χ1n) is 11.5. The normalized spacial score (nSPS) is 33.2. The number of carbonyl (C=O) groups is 2. The first-order valence-corrected chi connectivity index (χ1v) is 13.6. The number of amides is 2. The molecule has 2 aromatic carbocycles. The number of aryl methyl sites for hydroxylation is 1. The van der Waals surface area contributed by atoms with Crippen LogP contribution in [0, 0.1) is 36.5 Å². The van der Waals surface area contributed by atoms with Gasteiger partial charge in [-0.2, -0.15) is 0 Å². The highest BCUT2D eigenvalue weighted by molar-refractivity contribution is 8.00. The van der Waals surface area contributed by atoms with Crippen LogP contribution >= 0.6 is 34.7 Å². The predicted molar refractivity (Wildman–Crippen MR) is 134 cm³/mol. The van der Waals surface area contributed by atoms with Gasteiger partial charge >= 0.3 is 4.87 Å². The Labute approximate surface area is 209 Å². The summed E-state index contributed by atoms with van der Waals surface area (Å²) in [5.74, 6) is -0.205. The van der Waals surface area contributed by atoms with Gasteiger partial charge in [-0.15, -0.1) is 11.8 Å². The highest BCUT2D eigenvalue weighted by atomic mass is 35.5. The zero-order chi connectivity index (χ0) is 23.3. The fraction of sp³-hybridized carbons (Fsp3) is 0.346. The molecule has 5 nitrogen and oxygen atoms in total. The molecule has 2 saturated carbocycles. The monoisotopic (exact) mass is 508 g/mol. The van der Waals surface area contributed by atoms with Gasteiger partial charge < -0.3 is 4.98 Å². The summed E-state index contributed by atoms with van der Waals surface area (Å²) >= 11 is 9.16. The van der Waals surface area contributed by atoms with Crippen LogP contribution in [0.4, 0.5) is 5.69 Å². The largest absolute Gasteiger partial charge is 0.307 e. The molecular formula is C26H21ClN2O3S2. The molecule has 2 bridgehead atoms. The predicted octanol–water partition coefficient (Wildman–Crippen LogP) is 5.08. The maximum Gasteiger partial charge on any atom is 0.305 e. The minimum atomic E-state index is -0.285. The van der Waals surface area contributed by atoms with Gasteiger partial charge in [0.05, 0.1) is 22.5 Å². The molecule has 7 atom stereocenters. The number of imide groups is 1. The van der Waals surface area contributed by atoms with Gasteiger partial charge in [0.15, 0.2) is 0 Å². The van der Waals surface area contributed by atoms with Crippen LogP contribution < -0.4 is 9.77 Å². The quantitative estimate of drug-likeness (QED) is 0.490. The molecule has 5 unspecified atom stereocenters. The van der Waals surface area contributed by atoms with Crippen molar-refractivity contribution in [2.24, 2.45) is 29.6 Å². The van der Waals surface area contributed by atoms with E-state index in [4.69, 9.17) is 11.6 Å². The van der Waals surface area contributed by atoms with E-state index in [0.29, 0.717) is 10.7 Å². The number of hydrogen-bond acceptors (Lipinski definition) is 5. The Morgan fingerprint density at radius 2 is 1.62 bits per heavy atom. The second-order valence-corrected chi connectivity index (χ2v) is 12.5. The highest BCUT2D eigenvalue weighted by Crippen LogP contribution is 2.68. The number of rotatable bonds is 2. The minimum absolute atomic E-state index is 0.0229. The van der Waals surface area contributed by atoms with Gasteiger partial charge in [-0.05, 0) is 60.9 Å². The topological polar surface area (TPSA) is 70.2 Å². The molecule has 8 heteroatoms. The van der Waals surface area contributed by atoms with Gasteiger partial charge in [-0.25, -0.2) is 0 Å². The van der Waals surface area contributed by atoms with E-state index in [0.717, 1.165) is 27.5 Å². The van der Waals surface area contributed by atoms with Crippen LogP contribution in [0.5, 0.6) is 0 Å². The lowest BCUT2D eigenvalue weighted by atomic mass is 9.68.